The molecule has 0 N–H and O–H groups in total. The molecule has 1 saturated carbocycles. The smallest absolute Gasteiger partial charge is 0.387 e. The van der Waals surface area contributed by atoms with Crippen molar-refractivity contribution in [3.63, 3.8) is 0 Å². The molecule has 25 heavy (non-hydrogen) atoms. The van der Waals surface area contributed by atoms with Crippen LogP contribution < -0.4 is 9.47 Å². The molecule has 1 aliphatic carbocycles. The third-order valence-corrected chi connectivity index (χ3v) is 4.47. The molecule has 1 aliphatic rings. The quantitative estimate of drug-likeness (QED) is 0.684. The number of para-hydroxylation sites is 1. The second kappa shape index (κ2) is 9.39. The number of alkyl halides is 2. The maximum atomic E-state index is 12.6. The van der Waals surface area contributed by atoms with Gasteiger partial charge in [-0.25, -0.2) is 0 Å². The normalized spacial score (nSPS) is 15.6. The molecule has 0 saturated heterocycles. The van der Waals surface area contributed by atoms with Crippen molar-refractivity contribution in [2.24, 2.45) is 5.92 Å². The maximum absolute atomic E-state index is 12.6. The van der Waals surface area contributed by atoms with Crippen LogP contribution >= 0.6 is 0 Å². The average Bonchev–Trinajstić information content (AvgIpc) is 2.60. The summed E-state index contributed by atoms with van der Waals surface area (Å²) in [5, 5.41) is 0. The highest BCUT2D eigenvalue weighted by Crippen LogP contribution is 2.33. The second-order valence-electron chi connectivity index (χ2n) is 6.31. The van der Waals surface area contributed by atoms with Crippen molar-refractivity contribution in [3.05, 3.63) is 29.8 Å². The van der Waals surface area contributed by atoms with Gasteiger partial charge < -0.3 is 14.4 Å². The molecule has 0 bridgehead atoms. The van der Waals surface area contributed by atoms with Gasteiger partial charge in [-0.3, -0.25) is 4.79 Å². The van der Waals surface area contributed by atoms with Crippen LogP contribution in [0.15, 0.2) is 24.3 Å². The highest BCUT2D eigenvalue weighted by Gasteiger charge is 2.18. The first-order valence-corrected chi connectivity index (χ1v) is 8.56. The molecule has 0 aliphatic heterocycles. The number of nitrogens with zero attached hydrogens (tertiary/aromatic N) is 1. The van der Waals surface area contributed by atoms with Crippen molar-refractivity contribution in [2.75, 3.05) is 20.7 Å². The zero-order chi connectivity index (χ0) is 18.2. The largest absolute Gasteiger partial charge is 0.493 e. The van der Waals surface area contributed by atoms with E-state index in [0.29, 0.717) is 11.5 Å². The Kier molecular flexibility index (Phi) is 7.22. The van der Waals surface area contributed by atoms with E-state index in [9.17, 15) is 13.6 Å². The van der Waals surface area contributed by atoms with Crippen molar-refractivity contribution in [3.8, 4) is 11.5 Å². The zero-order valence-corrected chi connectivity index (χ0v) is 14.7. The molecule has 1 amide bonds. The Hall–Kier alpha value is -2.11. The number of amides is 1. The van der Waals surface area contributed by atoms with E-state index < -0.39 is 6.61 Å². The molecular formula is C19H25F2NO3. The first-order valence-electron chi connectivity index (χ1n) is 8.56. The molecule has 0 heterocycles. The molecule has 2 rings (SSSR count). The summed E-state index contributed by atoms with van der Waals surface area (Å²) in [5.41, 5.74) is 0.374. The number of rotatable bonds is 7. The van der Waals surface area contributed by atoms with Crippen molar-refractivity contribution in [1.29, 1.82) is 0 Å². The third kappa shape index (κ3) is 5.73. The fraction of sp³-hybridized carbons (Fsp3) is 0.526. The lowest BCUT2D eigenvalue weighted by Gasteiger charge is -2.26. The lowest BCUT2D eigenvalue weighted by atomic mass is 9.89. The third-order valence-electron chi connectivity index (χ3n) is 4.47. The Bertz CT molecular complexity index is 598. The standard InChI is InChI=1S/C19H25F2NO3/c1-22(13-14-7-4-3-5-8-14)17(23)12-11-15-9-6-10-16(24-2)18(15)25-19(20)21/h6,9-12,14,19H,3-5,7-8,13H2,1-2H3/b12-11+. The molecule has 0 spiro atoms. The van der Waals surface area contributed by atoms with E-state index in [2.05, 4.69) is 4.74 Å². The fourth-order valence-corrected chi connectivity index (χ4v) is 3.18. The van der Waals surface area contributed by atoms with E-state index in [-0.39, 0.29) is 17.4 Å². The van der Waals surface area contributed by atoms with Crippen LogP contribution in [0, 0.1) is 5.92 Å². The van der Waals surface area contributed by atoms with Gasteiger partial charge in [0.05, 0.1) is 7.11 Å². The molecule has 1 aromatic rings. The topological polar surface area (TPSA) is 38.8 Å². The van der Waals surface area contributed by atoms with Gasteiger partial charge in [0.1, 0.15) is 0 Å². The van der Waals surface area contributed by atoms with Gasteiger partial charge in [-0.2, -0.15) is 8.78 Å². The van der Waals surface area contributed by atoms with Crippen molar-refractivity contribution < 1.29 is 23.0 Å². The number of carbonyl (C=O) groups excluding carboxylic acids is 1. The van der Waals surface area contributed by atoms with Gasteiger partial charge in [0.15, 0.2) is 11.5 Å². The molecule has 0 radical (unpaired) electrons. The van der Waals surface area contributed by atoms with E-state index in [4.69, 9.17) is 4.74 Å². The Balaban J connectivity index is 2.05. The molecule has 0 unspecified atom stereocenters. The molecule has 1 aromatic carbocycles. The van der Waals surface area contributed by atoms with Gasteiger partial charge in [0.25, 0.3) is 0 Å². The van der Waals surface area contributed by atoms with Crippen molar-refractivity contribution in [2.45, 2.75) is 38.7 Å². The Morgan fingerprint density at radius 2 is 2.04 bits per heavy atom. The number of benzene rings is 1. The maximum Gasteiger partial charge on any atom is 0.387 e. The summed E-state index contributed by atoms with van der Waals surface area (Å²) in [6.07, 6.45) is 8.90. The highest BCUT2D eigenvalue weighted by atomic mass is 19.3. The lowest BCUT2D eigenvalue weighted by molar-refractivity contribution is -0.125. The number of ether oxygens (including phenoxy) is 2. The predicted octanol–water partition coefficient (Wildman–Crippen LogP) is 4.35. The molecule has 0 aromatic heterocycles. The van der Waals surface area contributed by atoms with Gasteiger partial charge >= 0.3 is 6.61 Å². The van der Waals surface area contributed by atoms with E-state index in [0.717, 1.165) is 19.4 Å². The van der Waals surface area contributed by atoms with Crippen LogP contribution in [0.25, 0.3) is 6.08 Å². The van der Waals surface area contributed by atoms with E-state index >= 15 is 0 Å². The van der Waals surface area contributed by atoms with Gasteiger partial charge in [-0.15, -0.1) is 0 Å². The highest BCUT2D eigenvalue weighted by molar-refractivity contribution is 5.92. The van der Waals surface area contributed by atoms with Crippen LogP contribution in [-0.2, 0) is 4.79 Å². The molecule has 4 nitrogen and oxygen atoms in total. The van der Waals surface area contributed by atoms with E-state index in [1.807, 2.05) is 0 Å². The number of hydrogen-bond acceptors (Lipinski definition) is 3. The van der Waals surface area contributed by atoms with Crippen molar-refractivity contribution in [1.82, 2.24) is 4.90 Å². The van der Waals surface area contributed by atoms with E-state index in [1.165, 1.54) is 44.6 Å². The first-order chi connectivity index (χ1) is 12.0. The predicted molar refractivity (Wildman–Crippen MR) is 92.9 cm³/mol. The number of carbonyl (C=O) groups is 1. The van der Waals surface area contributed by atoms with Gasteiger partial charge in [-0.05, 0) is 30.9 Å². The minimum Gasteiger partial charge on any atom is -0.493 e. The molecule has 0 atom stereocenters. The fourth-order valence-electron chi connectivity index (χ4n) is 3.18. The number of hydrogen-bond donors (Lipinski definition) is 0. The van der Waals surface area contributed by atoms with Gasteiger partial charge in [0.2, 0.25) is 5.91 Å². The molecule has 1 fully saturated rings. The molecule has 6 heteroatoms. The number of methoxy groups -OCH3 is 1. The summed E-state index contributed by atoms with van der Waals surface area (Å²) >= 11 is 0. The molecular weight excluding hydrogens is 328 g/mol. The van der Waals surface area contributed by atoms with Crippen LogP contribution in [0.4, 0.5) is 8.78 Å². The van der Waals surface area contributed by atoms with Crippen LogP contribution in [0.2, 0.25) is 0 Å². The van der Waals surface area contributed by atoms with Gasteiger partial charge in [-0.1, -0.05) is 31.4 Å². The Morgan fingerprint density at radius 3 is 2.68 bits per heavy atom. The van der Waals surface area contributed by atoms with Crippen LogP contribution in [0.1, 0.15) is 37.7 Å². The first kappa shape index (κ1) is 19.2. The van der Waals surface area contributed by atoms with E-state index in [1.54, 1.807) is 24.1 Å². The second-order valence-corrected chi connectivity index (χ2v) is 6.31. The summed E-state index contributed by atoms with van der Waals surface area (Å²) < 4.78 is 34.9. The summed E-state index contributed by atoms with van der Waals surface area (Å²) in [5.74, 6) is 0.520. The number of halogens is 2. The number of likely N-dealkylation sites (N-methyl/N-ethyl adjacent to an activating group) is 1. The lowest BCUT2D eigenvalue weighted by Crippen LogP contribution is -2.31. The monoisotopic (exact) mass is 353 g/mol. The van der Waals surface area contributed by atoms with Gasteiger partial charge in [0, 0.05) is 25.2 Å². The summed E-state index contributed by atoms with van der Waals surface area (Å²) in [6.45, 7) is -2.24. The van der Waals surface area contributed by atoms with Crippen molar-refractivity contribution >= 4 is 12.0 Å². The minimum absolute atomic E-state index is 0.0704. The Morgan fingerprint density at radius 1 is 1.32 bits per heavy atom. The van der Waals surface area contributed by atoms with Crippen LogP contribution in [-0.4, -0.2) is 38.1 Å². The molecule has 138 valence electrons. The summed E-state index contributed by atoms with van der Waals surface area (Å²) in [6, 6.07) is 4.80. The minimum atomic E-state index is -2.96. The zero-order valence-electron chi connectivity index (χ0n) is 14.7. The summed E-state index contributed by atoms with van der Waals surface area (Å²) in [7, 11) is 3.15. The van der Waals surface area contributed by atoms with Crippen LogP contribution in [0.5, 0.6) is 11.5 Å². The van der Waals surface area contributed by atoms with Crippen LogP contribution in [0.3, 0.4) is 0 Å². The average molecular weight is 353 g/mol. The summed E-state index contributed by atoms with van der Waals surface area (Å²) in [4.78, 5) is 14.0. The Labute approximate surface area is 147 Å². The SMILES string of the molecule is COc1cccc(/C=C/C(=O)N(C)CC2CCCCC2)c1OC(F)F.